The average molecular weight is 151 g/mol. The number of rotatable bonds is 0. The molecule has 0 saturated carbocycles. The molecule has 1 N–H and O–H groups in total. The van der Waals surface area contributed by atoms with Gasteiger partial charge in [-0.15, -0.1) is 0 Å². The fourth-order valence-electron chi connectivity index (χ4n) is 0. The summed E-state index contributed by atoms with van der Waals surface area (Å²) < 4.78 is 0. The summed E-state index contributed by atoms with van der Waals surface area (Å²) in [5.41, 5.74) is 0. The largest absolute Gasteiger partial charge is 2.00 e. The third-order valence-electron chi connectivity index (χ3n) is 0. The molecule has 0 heterocycles. The maximum absolute atomic E-state index is 8.24. The first-order valence-electron chi connectivity index (χ1n) is 1.30. The summed E-state index contributed by atoms with van der Waals surface area (Å²) >= 11 is 0. The zero-order chi connectivity index (χ0) is 8.12. The fraction of sp³-hybridized carbons (Fsp3) is 0. The Morgan fingerprint density at radius 1 is 1.20 bits per heavy atom. The Bertz CT molecular complexity index is 128. The predicted molar refractivity (Wildman–Crippen MR) is 31.4 cm³/mol. The Labute approximate surface area is 72.6 Å². The molecule has 6 nitrogen and oxygen atoms in total. The molecule has 10 heavy (non-hydrogen) atoms. The van der Waals surface area contributed by atoms with Crippen LogP contribution >= 0.6 is 0 Å². The Morgan fingerprint density at radius 2 is 1.20 bits per heavy atom. The van der Waals surface area contributed by atoms with Gasteiger partial charge < -0.3 is 15.9 Å². The zero-order valence-corrected chi connectivity index (χ0v) is 6.23. The Morgan fingerprint density at radius 3 is 1.20 bits per heavy atom. The molecule has 0 aromatic heterocycles. The minimum Gasteiger partial charge on any atom is -0.724 e. The average Bonchev–Trinajstić information content (AvgIpc) is 1.70. The molecule has 0 saturated heterocycles. The van der Waals surface area contributed by atoms with Crippen molar-refractivity contribution in [3.63, 3.8) is 0 Å². The van der Waals surface area contributed by atoms with E-state index in [1.165, 1.54) is 0 Å². The molecule has 0 aliphatic heterocycles. The van der Waals surface area contributed by atoms with Gasteiger partial charge in [0.15, 0.2) is 0 Å². The van der Waals surface area contributed by atoms with Crippen molar-refractivity contribution in [2.24, 2.45) is 0 Å². The summed E-state index contributed by atoms with van der Waals surface area (Å²) in [5.74, 6) is 0. The van der Waals surface area contributed by atoms with Crippen LogP contribution in [0.1, 0.15) is 0 Å². The van der Waals surface area contributed by atoms with Gasteiger partial charge in [0.2, 0.25) is 0 Å². The first-order chi connectivity index (χ1) is 4.24. The molecule has 48 valence electrons. The monoisotopic (exact) mass is 151 g/mol. The van der Waals surface area contributed by atoms with Crippen molar-refractivity contribution >= 4 is 35.2 Å². The van der Waals surface area contributed by atoms with Gasteiger partial charge in [0.1, 0.15) is 0 Å². The molecule has 0 radical (unpaired) electrons. The molecule has 0 bridgehead atoms. The number of hydrogen-bond acceptors (Lipinski definition) is 4. The molecule has 0 unspecified atom stereocenters. The maximum atomic E-state index is 8.24. The van der Waals surface area contributed by atoms with Crippen LogP contribution in [-0.4, -0.2) is 40.3 Å². The van der Waals surface area contributed by atoms with E-state index in [4.69, 9.17) is 30.8 Å². The van der Waals surface area contributed by atoms with Crippen LogP contribution in [0.5, 0.6) is 0 Å². The van der Waals surface area contributed by atoms with Gasteiger partial charge in [-0.3, -0.25) is 9.59 Å². The number of aliphatic hydroxyl groups is 1. The quantitative estimate of drug-likeness (QED) is 0.211. The van der Waals surface area contributed by atoms with Crippen LogP contribution in [0, 0.1) is 11.5 Å². The van der Waals surface area contributed by atoms with E-state index in [-0.39, 0.29) is 23.1 Å². The van der Waals surface area contributed by atoms with Crippen LogP contribution in [0.4, 0.5) is 0 Å². The van der Waals surface area contributed by atoms with Gasteiger partial charge in [0, 0.05) is 0 Å². The summed E-state index contributed by atoms with van der Waals surface area (Å²) in [7, 11) is 0. The summed E-state index contributed by atoms with van der Waals surface area (Å²) in [6, 6.07) is 0. The van der Waals surface area contributed by atoms with Crippen molar-refractivity contribution in [1.29, 1.82) is 5.26 Å². The molecule has 0 aromatic rings. The van der Waals surface area contributed by atoms with Crippen LogP contribution in [0.15, 0.2) is 0 Å². The van der Waals surface area contributed by atoms with Gasteiger partial charge in [0.25, 0.3) is 6.26 Å². The number of nitrogens with zero attached hydrogens (tertiary/aromatic N) is 3. The number of isocyanates is 2. The molecule has 0 amide bonds. The Kier molecular flexibility index (Phi) is 256. The molecule has 0 rings (SSSR count). The standard InChI is InChI=1S/CHNO.2CNO.Mg/c3*2-1-3;/h3H;;;/q;2*-1;+2. The molecule has 0 spiro atoms. The third kappa shape index (κ3) is 165. The van der Waals surface area contributed by atoms with Crippen LogP contribution in [-0.2, 0) is 9.59 Å². The van der Waals surface area contributed by atoms with Crippen molar-refractivity contribution in [2.45, 2.75) is 0 Å². The number of nitriles is 1. The van der Waals surface area contributed by atoms with E-state index in [0.717, 1.165) is 6.26 Å². The van der Waals surface area contributed by atoms with E-state index in [2.05, 4.69) is 0 Å². The van der Waals surface area contributed by atoms with Crippen molar-refractivity contribution in [1.82, 2.24) is 0 Å². The van der Waals surface area contributed by atoms with Crippen LogP contribution in [0.25, 0.3) is 10.8 Å². The Balaban J connectivity index is -0.0000000257. The van der Waals surface area contributed by atoms with E-state index >= 15 is 0 Å². The van der Waals surface area contributed by atoms with Crippen molar-refractivity contribution < 1.29 is 14.7 Å². The van der Waals surface area contributed by atoms with E-state index in [0.29, 0.717) is 12.2 Å². The second-order valence-corrected chi connectivity index (χ2v) is 0.283. The summed E-state index contributed by atoms with van der Waals surface area (Å²) in [6.45, 7) is 0. The van der Waals surface area contributed by atoms with E-state index in [1.807, 2.05) is 0 Å². The predicted octanol–water partition coefficient (Wildman–Crippen LogP) is -0.758. The Hall–Kier alpha value is -1.18. The van der Waals surface area contributed by atoms with Gasteiger partial charge in [0.05, 0.1) is 0 Å². The molecular formula is C3HMgN3O3. The molecular weight excluding hydrogens is 150 g/mol. The van der Waals surface area contributed by atoms with E-state index in [9.17, 15) is 0 Å². The van der Waals surface area contributed by atoms with Crippen LogP contribution < -0.4 is 0 Å². The third-order valence-corrected chi connectivity index (χ3v) is 0. The topological polar surface area (TPSA) is 123 Å². The van der Waals surface area contributed by atoms with Gasteiger partial charge in [-0.2, -0.15) is 5.26 Å². The molecule has 0 fully saturated rings. The minimum atomic E-state index is 0. The molecule has 0 atom stereocenters. The first-order valence-corrected chi connectivity index (χ1v) is 1.30. The zero-order valence-electron chi connectivity index (χ0n) is 4.81. The molecule has 0 aliphatic carbocycles. The van der Waals surface area contributed by atoms with Gasteiger partial charge in [-0.25, -0.2) is 0 Å². The summed E-state index contributed by atoms with van der Waals surface area (Å²) in [5, 5.41) is 27.3. The number of carbonyl (C=O) groups excluding carboxylic acids is 2. The number of aliphatic hydroxyl groups excluding tert-OH is 1. The SMILES string of the molecule is N#CO.[Mg+2].[N-]=C=O.[N-]=C=O. The number of hydrogen-bond donors (Lipinski definition) is 1. The minimum absolute atomic E-state index is 0. The van der Waals surface area contributed by atoms with Crippen LogP contribution in [0.3, 0.4) is 0 Å². The van der Waals surface area contributed by atoms with E-state index < -0.39 is 0 Å². The molecule has 0 aromatic carbocycles. The fourth-order valence-corrected chi connectivity index (χ4v) is 0. The smallest absolute Gasteiger partial charge is 0.724 e. The summed E-state index contributed by atoms with van der Waals surface area (Å²) in [6.07, 6.45) is 1.75. The van der Waals surface area contributed by atoms with Gasteiger partial charge in [-0.05, 0) is 12.2 Å². The summed E-state index contributed by atoms with van der Waals surface area (Å²) in [4.78, 5) is 16.5. The van der Waals surface area contributed by atoms with Gasteiger partial charge in [-0.1, -0.05) is 0 Å². The maximum Gasteiger partial charge on any atom is 2.00 e. The molecule has 0 aliphatic rings. The van der Waals surface area contributed by atoms with E-state index in [1.54, 1.807) is 0 Å². The second kappa shape index (κ2) is 110. The first kappa shape index (κ1) is 23.2. The van der Waals surface area contributed by atoms with Crippen molar-refractivity contribution in [2.75, 3.05) is 0 Å². The second-order valence-electron chi connectivity index (χ2n) is 0.283. The normalized spacial score (nSPS) is 2.30. The van der Waals surface area contributed by atoms with Crippen molar-refractivity contribution in [3.8, 4) is 6.26 Å². The van der Waals surface area contributed by atoms with Crippen LogP contribution in [0.2, 0.25) is 0 Å². The van der Waals surface area contributed by atoms with Crippen molar-refractivity contribution in [3.05, 3.63) is 10.8 Å². The molecule has 7 heteroatoms. The van der Waals surface area contributed by atoms with Gasteiger partial charge >= 0.3 is 23.1 Å².